The van der Waals surface area contributed by atoms with Gasteiger partial charge >= 0.3 is 0 Å². The van der Waals surface area contributed by atoms with Crippen molar-refractivity contribution in [3.05, 3.63) is 69.3 Å². The summed E-state index contributed by atoms with van der Waals surface area (Å²) in [7, 11) is 0. The molecule has 0 radical (unpaired) electrons. The van der Waals surface area contributed by atoms with E-state index in [2.05, 4.69) is 33.0 Å². The van der Waals surface area contributed by atoms with Gasteiger partial charge in [0.05, 0.1) is 22.0 Å². The van der Waals surface area contributed by atoms with Crippen molar-refractivity contribution in [2.75, 3.05) is 0 Å². The average molecular weight is 361 g/mol. The van der Waals surface area contributed by atoms with Gasteiger partial charge in [-0.2, -0.15) is 0 Å². The molecular weight excluding hydrogens is 347 g/mol. The van der Waals surface area contributed by atoms with E-state index < -0.39 is 0 Å². The highest BCUT2D eigenvalue weighted by Crippen LogP contribution is 2.43. The zero-order valence-corrected chi connectivity index (χ0v) is 13.8. The number of imidazole rings is 1. The van der Waals surface area contributed by atoms with Gasteiger partial charge in [0, 0.05) is 12.3 Å². The van der Waals surface area contributed by atoms with Gasteiger partial charge in [0.2, 0.25) is 0 Å². The number of hydrogen-bond donors (Lipinski definition) is 0. The Hall–Kier alpha value is -1.72. The number of nitrogens with zero attached hydrogens (tertiary/aromatic N) is 2. The van der Waals surface area contributed by atoms with E-state index in [-0.39, 0.29) is 18.0 Å². The monoisotopic (exact) mass is 360 g/mol. The highest BCUT2D eigenvalue weighted by Gasteiger charge is 2.33. The van der Waals surface area contributed by atoms with Crippen LogP contribution in [0.5, 0.6) is 0 Å². The lowest BCUT2D eigenvalue weighted by atomic mass is 10.0. The maximum absolute atomic E-state index is 13.7. The molecule has 3 heterocycles. The Bertz CT molecular complexity index is 890. The van der Waals surface area contributed by atoms with E-state index in [0.29, 0.717) is 10.1 Å². The van der Waals surface area contributed by atoms with Crippen molar-refractivity contribution in [1.82, 2.24) is 9.38 Å². The summed E-state index contributed by atoms with van der Waals surface area (Å²) >= 11 is 3.25. The van der Waals surface area contributed by atoms with Crippen molar-refractivity contribution >= 4 is 21.6 Å². The third kappa shape index (κ3) is 1.92. The Morgan fingerprint density at radius 1 is 1.27 bits per heavy atom. The summed E-state index contributed by atoms with van der Waals surface area (Å²) in [5.41, 5.74) is 4.75. The zero-order valence-electron chi connectivity index (χ0n) is 12.2. The summed E-state index contributed by atoms with van der Waals surface area (Å²) in [4.78, 5) is 4.48. The predicted molar refractivity (Wildman–Crippen MR) is 85.4 cm³/mol. The molecule has 1 aliphatic heterocycles. The van der Waals surface area contributed by atoms with Crippen LogP contribution in [0.3, 0.4) is 0 Å². The fourth-order valence-corrected chi connectivity index (χ4v) is 3.49. The molecule has 3 nitrogen and oxygen atoms in total. The molecule has 1 aromatic carbocycles. The predicted octanol–water partition coefficient (Wildman–Crippen LogP) is 4.72. The Morgan fingerprint density at radius 3 is 2.77 bits per heavy atom. The Labute approximate surface area is 135 Å². The molecule has 5 heteroatoms. The first-order valence-corrected chi connectivity index (χ1v) is 7.93. The number of aromatic nitrogens is 2. The minimum atomic E-state index is -0.315. The smallest absolute Gasteiger partial charge is 0.142 e. The Kier molecular flexibility index (Phi) is 3.09. The molecule has 0 amide bonds. The molecule has 0 bridgehead atoms. The molecule has 3 aromatic rings. The number of ether oxygens (including phenoxy) is 1. The van der Waals surface area contributed by atoms with E-state index in [4.69, 9.17) is 4.74 Å². The summed E-state index contributed by atoms with van der Waals surface area (Å²) in [6.45, 7) is 3.98. The van der Waals surface area contributed by atoms with E-state index in [1.807, 2.05) is 30.4 Å². The lowest BCUT2D eigenvalue weighted by molar-refractivity contribution is 0.0423. The van der Waals surface area contributed by atoms with Gasteiger partial charge in [-0.1, -0.05) is 24.3 Å². The SMILES string of the molecule is Cc1nc2cc(F)c(Br)cn2c1C1O[C@H](C)c2ccccc21. The minimum absolute atomic E-state index is 0.0371. The molecule has 1 unspecified atom stereocenters. The van der Waals surface area contributed by atoms with Crippen molar-refractivity contribution < 1.29 is 9.13 Å². The lowest BCUT2D eigenvalue weighted by Crippen LogP contribution is -2.05. The number of rotatable bonds is 1. The summed E-state index contributed by atoms with van der Waals surface area (Å²) in [6, 6.07) is 9.65. The van der Waals surface area contributed by atoms with Gasteiger partial charge in [-0.15, -0.1) is 0 Å². The summed E-state index contributed by atoms with van der Waals surface area (Å²) in [5.74, 6) is -0.315. The highest BCUT2D eigenvalue weighted by molar-refractivity contribution is 9.10. The number of aryl methyl sites for hydroxylation is 1. The second-order valence-corrected chi connectivity index (χ2v) is 6.42. The van der Waals surface area contributed by atoms with Crippen LogP contribution in [0.1, 0.15) is 41.6 Å². The first-order chi connectivity index (χ1) is 10.6. The normalized spacial score (nSPS) is 20.5. The molecule has 22 heavy (non-hydrogen) atoms. The quantitative estimate of drug-likeness (QED) is 0.627. The molecular formula is C17H14BrFN2O. The van der Waals surface area contributed by atoms with Gasteiger partial charge in [-0.25, -0.2) is 9.37 Å². The Balaban J connectivity index is 1.96. The number of pyridine rings is 1. The summed E-state index contributed by atoms with van der Waals surface area (Å²) < 4.78 is 22.2. The largest absolute Gasteiger partial charge is 0.360 e. The topological polar surface area (TPSA) is 26.5 Å². The van der Waals surface area contributed by atoms with Crippen molar-refractivity contribution in [2.24, 2.45) is 0 Å². The van der Waals surface area contributed by atoms with Crippen LogP contribution in [0.15, 0.2) is 41.0 Å². The third-order valence-electron chi connectivity index (χ3n) is 4.19. The molecule has 0 saturated carbocycles. The Morgan fingerprint density at radius 2 is 2.00 bits per heavy atom. The van der Waals surface area contributed by atoms with Gasteiger partial charge in [0.1, 0.15) is 17.6 Å². The van der Waals surface area contributed by atoms with Crippen LogP contribution in [0, 0.1) is 12.7 Å². The van der Waals surface area contributed by atoms with Crippen LogP contribution in [0.4, 0.5) is 4.39 Å². The lowest BCUT2D eigenvalue weighted by Gasteiger charge is -2.14. The molecule has 0 fully saturated rings. The minimum Gasteiger partial charge on any atom is -0.360 e. The van der Waals surface area contributed by atoms with Crippen molar-refractivity contribution in [2.45, 2.75) is 26.1 Å². The van der Waals surface area contributed by atoms with Gasteiger partial charge in [-0.3, -0.25) is 4.40 Å². The van der Waals surface area contributed by atoms with Gasteiger partial charge in [-0.05, 0) is 40.9 Å². The van der Waals surface area contributed by atoms with Crippen LogP contribution in [0.2, 0.25) is 0 Å². The fraction of sp³-hybridized carbons (Fsp3) is 0.235. The molecule has 0 aliphatic carbocycles. The fourth-order valence-electron chi connectivity index (χ4n) is 3.17. The van der Waals surface area contributed by atoms with Gasteiger partial charge < -0.3 is 4.74 Å². The average Bonchev–Trinajstić information content (AvgIpc) is 2.97. The van der Waals surface area contributed by atoms with Gasteiger partial charge in [0.25, 0.3) is 0 Å². The number of benzene rings is 1. The van der Waals surface area contributed by atoms with Crippen molar-refractivity contribution in [3.63, 3.8) is 0 Å². The van der Waals surface area contributed by atoms with Crippen LogP contribution in [-0.2, 0) is 4.74 Å². The van der Waals surface area contributed by atoms with E-state index >= 15 is 0 Å². The van der Waals surface area contributed by atoms with E-state index in [1.54, 1.807) is 6.20 Å². The maximum atomic E-state index is 13.7. The van der Waals surface area contributed by atoms with Crippen LogP contribution in [0.25, 0.3) is 5.65 Å². The molecule has 1 aliphatic rings. The molecule has 2 aromatic heterocycles. The van der Waals surface area contributed by atoms with Crippen LogP contribution < -0.4 is 0 Å². The van der Waals surface area contributed by atoms with E-state index in [1.165, 1.54) is 11.6 Å². The zero-order chi connectivity index (χ0) is 15.4. The van der Waals surface area contributed by atoms with Crippen LogP contribution in [-0.4, -0.2) is 9.38 Å². The molecule has 0 saturated heterocycles. The molecule has 2 atom stereocenters. The van der Waals surface area contributed by atoms with Crippen LogP contribution >= 0.6 is 15.9 Å². The molecule has 112 valence electrons. The summed E-state index contributed by atoms with van der Waals surface area (Å²) in [6.07, 6.45) is 1.57. The molecule has 0 spiro atoms. The first-order valence-electron chi connectivity index (χ1n) is 7.14. The molecule has 4 rings (SSSR count). The maximum Gasteiger partial charge on any atom is 0.142 e. The second kappa shape index (κ2) is 4.89. The second-order valence-electron chi connectivity index (χ2n) is 5.57. The molecule has 0 N–H and O–H groups in total. The third-order valence-corrected chi connectivity index (χ3v) is 4.77. The first kappa shape index (κ1) is 13.9. The standard InChI is InChI=1S/C17H14BrFN2O/c1-9-16(21-8-13(18)14(19)7-15(21)20-9)17-12-6-4-3-5-11(12)10(2)22-17/h3-8,10,17H,1-2H3/t10-,17?/m1/s1. The highest BCUT2D eigenvalue weighted by atomic mass is 79.9. The van der Waals surface area contributed by atoms with E-state index in [0.717, 1.165) is 17.0 Å². The number of hydrogen-bond acceptors (Lipinski definition) is 2. The number of halogens is 2. The summed E-state index contributed by atoms with van der Waals surface area (Å²) in [5, 5.41) is 0. The number of fused-ring (bicyclic) bond motifs is 2. The van der Waals surface area contributed by atoms with Crippen molar-refractivity contribution in [3.8, 4) is 0 Å². The van der Waals surface area contributed by atoms with E-state index in [9.17, 15) is 4.39 Å². The van der Waals surface area contributed by atoms with Crippen molar-refractivity contribution in [1.29, 1.82) is 0 Å². The van der Waals surface area contributed by atoms with Gasteiger partial charge in [0.15, 0.2) is 0 Å².